The van der Waals surface area contributed by atoms with Crippen molar-refractivity contribution in [3.05, 3.63) is 83.3 Å². The second kappa shape index (κ2) is 8.54. The molecule has 0 saturated heterocycles. The van der Waals surface area contributed by atoms with Crippen molar-refractivity contribution in [2.45, 2.75) is 13.0 Å². The second-order valence-electron chi connectivity index (χ2n) is 5.64. The molecule has 26 heavy (non-hydrogen) atoms. The Kier molecular flexibility index (Phi) is 5.92. The fourth-order valence-electron chi connectivity index (χ4n) is 2.25. The van der Waals surface area contributed by atoms with E-state index >= 15 is 0 Å². The number of anilines is 1. The molecule has 4 nitrogen and oxygen atoms in total. The monoisotopic (exact) mass is 411 g/mol. The molecule has 132 valence electrons. The third-order valence-electron chi connectivity index (χ3n) is 3.60. The van der Waals surface area contributed by atoms with Crippen molar-refractivity contribution < 1.29 is 14.3 Å². The van der Waals surface area contributed by atoms with Crippen molar-refractivity contribution in [3.8, 4) is 17.2 Å². The van der Waals surface area contributed by atoms with Crippen LogP contribution in [0.5, 0.6) is 17.2 Å². The van der Waals surface area contributed by atoms with Gasteiger partial charge in [-0.15, -0.1) is 0 Å². The first kappa shape index (κ1) is 18.0. The maximum atomic E-state index is 12.3. The number of hydrogen-bond acceptors (Lipinski definition) is 3. The molecule has 1 atom stereocenters. The zero-order chi connectivity index (χ0) is 18.4. The Balaban J connectivity index is 1.56. The number of hydrogen-bond donors (Lipinski definition) is 1. The molecule has 0 aliphatic heterocycles. The van der Waals surface area contributed by atoms with Crippen molar-refractivity contribution in [3.63, 3.8) is 0 Å². The van der Waals surface area contributed by atoms with Gasteiger partial charge < -0.3 is 14.8 Å². The predicted octanol–water partition coefficient (Wildman–Crippen LogP) is 5.65. The fourth-order valence-corrected chi connectivity index (χ4v) is 2.51. The van der Waals surface area contributed by atoms with Crippen molar-refractivity contribution in [1.29, 1.82) is 0 Å². The van der Waals surface area contributed by atoms with E-state index in [-0.39, 0.29) is 5.91 Å². The molecule has 0 saturated carbocycles. The first-order valence-electron chi connectivity index (χ1n) is 8.16. The number of rotatable bonds is 6. The van der Waals surface area contributed by atoms with Crippen LogP contribution in [0.3, 0.4) is 0 Å². The first-order valence-corrected chi connectivity index (χ1v) is 8.95. The number of carbonyl (C=O) groups excluding carboxylic acids is 1. The van der Waals surface area contributed by atoms with Crippen LogP contribution in [-0.4, -0.2) is 12.0 Å². The molecule has 0 radical (unpaired) electrons. The molecular weight excluding hydrogens is 394 g/mol. The second-order valence-corrected chi connectivity index (χ2v) is 6.56. The van der Waals surface area contributed by atoms with Crippen LogP contribution in [-0.2, 0) is 4.79 Å². The highest BCUT2D eigenvalue weighted by Crippen LogP contribution is 2.23. The van der Waals surface area contributed by atoms with E-state index < -0.39 is 6.10 Å². The van der Waals surface area contributed by atoms with E-state index in [9.17, 15) is 4.79 Å². The molecule has 0 unspecified atom stereocenters. The standard InChI is InChI=1S/C21H18BrNO3/c1-15(25-19-11-7-16(22)8-12-19)21(24)23-17-9-13-20(14-10-17)26-18-5-3-2-4-6-18/h2-15H,1H3,(H,23,24)/t15-/m1/s1. The van der Waals surface area contributed by atoms with Gasteiger partial charge in [-0.2, -0.15) is 0 Å². The number of benzene rings is 3. The van der Waals surface area contributed by atoms with Crippen LogP contribution in [0.25, 0.3) is 0 Å². The summed E-state index contributed by atoms with van der Waals surface area (Å²) in [4.78, 5) is 12.3. The van der Waals surface area contributed by atoms with Crippen molar-refractivity contribution >= 4 is 27.5 Å². The summed E-state index contributed by atoms with van der Waals surface area (Å²) in [6.45, 7) is 1.71. The SMILES string of the molecule is C[C@@H](Oc1ccc(Br)cc1)C(=O)Nc1ccc(Oc2ccccc2)cc1. The molecule has 3 aromatic carbocycles. The highest BCUT2D eigenvalue weighted by molar-refractivity contribution is 9.10. The quantitative estimate of drug-likeness (QED) is 0.570. The third-order valence-corrected chi connectivity index (χ3v) is 4.13. The van der Waals surface area contributed by atoms with Gasteiger partial charge in [-0.1, -0.05) is 34.1 Å². The largest absolute Gasteiger partial charge is 0.481 e. The average molecular weight is 412 g/mol. The molecule has 5 heteroatoms. The van der Waals surface area contributed by atoms with E-state index in [1.807, 2.05) is 66.7 Å². The molecule has 0 aliphatic carbocycles. The number of halogens is 1. The molecule has 0 aliphatic rings. The Morgan fingerprint density at radius 2 is 1.42 bits per heavy atom. The van der Waals surface area contributed by atoms with Crippen molar-refractivity contribution in [2.24, 2.45) is 0 Å². The van der Waals surface area contributed by atoms with E-state index in [0.29, 0.717) is 17.2 Å². The highest BCUT2D eigenvalue weighted by Gasteiger charge is 2.15. The predicted molar refractivity (Wildman–Crippen MR) is 106 cm³/mol. The Hall–Kier alpha value is -2.79. The number of nitrogens with one attached hydrogen (secondary N) is 1. The third kappa shape index (κ3) is 5.10. The van der Waals surface area contributed by atoms with Crippen LogP contribution in [0.1, 0.15) is 6.92 Å². The van der Waals surface area contributed by atoms with Gasteiger partial charge in [-0.25, -0.2) is 0 Å². The van der Waals surface area contributed by atoms with Gasteiger partial charge in [0.15, 0.2) is 6.10 Å². The zero-order valence-electron chi connectivity index (χ0n) is 14.2. The van der Waals surface area contributed by atoms with Gasteiger partial charge in [0.25, 0.3) is 5.91 Å². The molecule has 0 aromatic heterocycles. The Morgan fingerprint density at radius 1 is 0.846 bits per heavy atom. The van der Waals surface area contributed by atoms with Crippen LogP contribution in [0.15, 0.2) is 83.3 Å². The normalized spacial score (nSPS) is 11.5. The molecule has 3 rings (SSSR count). The van der Waals surface area contributed by atoms with Crippen LogP contribution in [0.2, 0.25) is 0 Å². The minimum Gasteiger partial charge on any atom is -0.481 e. The Bertz CT molecular complexity index is 849. The van der Waals surface area contributed by atoms with Gasteiger partial charge >= 0.3 is 0 Å². The smallest absolute Gasteiger partial charge is 0.265 e. The summed E-state index contributed by atoms with van der Waals surface area (Å²) in [5.74, 6) is 1.89. The van der Waals surface area contributed by atoms with E-state index in [4.69, 9.17) is 9.47 Å². The highest BCUT2D eigenvalue weighted by atomic mass is 79.9. The summed E-state index contributed by atoms with van der Waals surface area (Å²) in [7, 11) is 0. The lowest BCUT2D eigenvalue weighted by molar-refractivity contribution is -0.122. The van der Waals surface area contributed by atoms with Crippen LogP contribution in [0, 0.1) is 0 Å². The van der Waals surface area contributed by atoms with Gasteiger partial charge in [0.1, 0.15) is 17.2 Å². The summed E-state index contributed by atoms with van der Waals surface area (Å²) >= 11 is 3.37. The maximum Gasteiger partial charge on any atom is 0.265 e. The summed E-state index contributed by atoms with van der Waals surface area (Å²) < 4.78 is 12.3. The fraction of sp³-hybridized carbons (Fsp3) is 0.0952. The number of amides is 1. The lowest BCUT2D eigenvalue weighted by Gasteiger charge is -2.15. The van der Waals surface area contributed by atoms with Crippen LogP contribution in [0.4, 0.5) is 5.69 Å². The lowest BCUT2D eigenvalue weighted by atomic mass is 10.2. The first-order chi connectivity index (χ1) is 12.6. The van der Waals surface area contributed by atoms with Gasteiger partial charge in [-0.3, -0.25) is 4.79 Å². The topological polar surface area (TPSA) is 47.6 Å². The minimum atomic E-state index is -0.614. The van der Waals surface area contributed by atoms with Gasteiger partial charge in [0.2, 0.25) is 0 Å². The van der Waals surface area contributed by atoms with Crippen LogP contribution < -0.4 is 14.8 Å². The molecular formula is C21H18BrNO3. The molecule has 0 heterocycles. The number of para-hydroxylation sites is 1. The number of carbonyl (C=O) groups is 1. The zero-order valence-corrected chi connectivity index (χ0v) is 15.8. The van der Waals surface area contributed by atoms with E-state index in [1.165, 1.54) is 0 Å². The van der Waals surface area contributed by atoms with Crippen molar-refractivity contribution in [1.82, 2.24) is 0 Å². The maximum absolute atomic E-state index is 12.3. The van der Waals surface area contributed by atoms with Gasteiger partial charge in [0, 0.05) is 10.2 Å². The van der Waals surface area contributed by atoms with Gasteiger partial charge in [-0.05, 0) is 67.6 Å². The molecule has 3 aromatic rings. The summed E-state index contributed by atoms with van der Waals surface area (Å²) in [6.07, 6.45) is -0.614. The Morgan fingerprint density at radius 3 is 2.08 bits per heavy atom. The molecule has 0 spiro atoms. The molecule has 0 bridgehead atoms. The number of ether oxygens (including phenoxy) is 2. The van der Waals surface area contributed by atoms with Crippen LogP contribution >= 0.6 is 15.9 Å². The van der Waals surface area contributed by atoms with E-state index in [0.717, 1.165) is 10.2 Å². The Labute approximate surface area is 160 Å². The molecule has 1 amide bonds. The molecule has 1 N–H and O–H groups in total. The molecule has 0 fully saturated rings. The summed E-state index contributed by atoms with van der Waals surface area (Å²) in [5.41, 5.74) is 0.682. The summed E-state index contributed by atoms with van der Waals surface area (Å²) in [5, 5.41) is 2.84. The van der Waals surface area contributed by atoms with E-state index in [2.05, 4.69) is 21.2 Å². The van der Waals surface area contributed by atoms with Gasteiger partial charge in [0.05, 0.1) is 0 Å². The van der Waals surface area contributed by atoms with E-state index in [1.54, 1.807) is 19.1 Å². The summed E-state index contributed by atoms with van der Waals surface area (Å²) in [6, 6.07) is 24.1. The average Bonchev–Trinajstić information content (AvgIpc) is 2.66. The lowest BCUT2D eigenvalue weighted by Crippen LogP contribution is -2.30. The minimum absolute atomic E-state index is 0.218. The van der Waals surface area contributed by atoms with Crippen molar-refractivity contribution in [2.75, 3.05) is 5.32 Å².